The van der Waals surface area contributed by atoms with Gasteiger partial charge in [0.2, 0.25) is 5.91 Å². The van der Waals surface area contributed by atoms with Gasteiger partial charge in [0.05, 0.1) is 25.8 Å². The number of carbonyl (C=O) groups is 1. The van der Waals surface area contributed by atoms with Gasteiger partial charge in [-0.05, 0) is 74.4 Å². The van der Waals surface area contributed by atoms with E-state index in [-0.39, 0.29) is 31.9 Å². The van der Waals surface area contributed by atoms with Gasteiger partial charge in [0.1, 0.15) is 11.7 Å². The third-order valence-corrected chi connectivity index (χ3v) is 7.40. The third-order valence-electron chi connectivity index (χ3n) is 7.40. The first-order valence-corrected chi connectivity index (χ1v) is 13.0. The minimum absolute atomic E-state index is 0. The first-order valence-electron chi connectivity index (χ1n) is 13.0. The number of fused-ring (bicyclic) bond motifs is 2. The first kappa shape index (κ1) is 28.1. The van der Waals surface area contributed by atoms with Gasteiger partial charge in [-0.3, -0.25) is 4.79 Å². The number of methoxy groups -OCH3 is 2. The number of pyridine rings is 1. The molecule has 0 saturated carbocycles. The molecule has 2 aromatic carbocycles. The summed E-state index contributed by atoms with van der Waals surface area (Å²) in [4.78, 5) is 18.0. The van der Waals surface area contributed by atoms with Crippen molar-refractivity contribution in [3.8, 4) is 17.6 Å². The van der Waals surface area contributed by atoms with Gasteiger partial charge in [-0.2, -0.15) is 18.8 Å². The Bertz CT molecular complexity index is 1570. The Kier molecular flexibility index (Phi) is 8.51. The van der Waals surface area contributed by atoms with E-state index in [1.807, 2.05) is 19.9 Å². The number of hydrogen-bond acceptors (Lipinski definition) is 5. The average Bonchev–Trinajstić information content (AvgIpc) is 3.24. The molecule has 0 bridgehead atoms. The van der Waals surface area contributed by atoms with Crippen LogP contribution in [0, 0.1) is 25.2 Å². The number of ether oxygens (including phenoxy) is 2. The van der Waals surface area contributed by atoms with Gasteiger partial charge in [-0.15, -0.1) is 0 Å². The predicted molar refractivity (Wildman–Crippen MR) is 158 cm³/mol. The van der Waals surface area contributed by atoms with Gasteiger partial charge < -0.3 is 19.4 Å². The summed E-state index contributed by atoms with van der Waals surface area (Å²) in [5.41, 5.74) is 7.50. The highest BCUT2D eigenvalue weighted by molar-refractivity contribution is 7.59. The molecule has 0 radical (unpaired) electrons. The van der Waals surface area contributed by atoms with Crippen molar-refractivity contribution in [3.63, 3.8) is 0 Å². The second-order valence-corrected chi connectivity index (χ2v) is 9.81. The second-order valence-electron chi connectivity index (χ2n) is 9.81. The van der Waals surface area contributed by atoms with Gasteiger partial charge in [-0.25, -0.2) is 4.98 Å². The first-order chi connectivity index (χ1) is 18.4. The molecule has 0 spiro atoms. The van der Waals surface area contributed by atoms with E-state index in [1.54, 1.807) is 32.4 Å². The van der Waals surface area contributed by atoms with Crippen LogP contribution in [0.3, 0.4) is 0 Å². The molecule has 7 nitrogen and oxygen atoms in total. The lowest BCUT2D eigenvalue weighted by Gasteiger charge is -2.29. The van der Waals surface area contributed by atoms with Crippen LogP contribution in [0.1, 0.15) is 58.9 Å². The number of amides is 1. The van der Waals surface area contributed by atoms with Crippen LogP contribution < -0.4 is 14.8 Å². The Morgan fingerprint density at radius 2 is 1.90 bits per heavy atom. The highest BCUT2D eigenvalue weighted by Crippen LogP contribution is 2.39. The van der Waals surface area contributed by atoms with E-state index in [2.05, 4.69) is 40.2 Å². The number of carbonyl (C=O) groups excluding carboxylic acids is 1. The molecule has 5 rings (SSSR count). The van der Waals surface area contributed by atoms with Crippen LogP contribution in [0.15, 0.2) is 48.5 Å². The topological polar surface area (TPSA) is 89.2 Å². The maximum atomic E-state index is 13.1. The van der Waals surface area contributed by atoms with E-state index >= 15 is 0 Å². The summed E-state index contributed by atoms with van der Waals surface area (Å²) in [6, 6.07) is 18.4. The second kappa shape index (κ2) is 11.8. The van der Waals surface area contributed by atoms with E-state index in [1.165, 1.54) is 11.1 Å². The summed E-state index contributed by atoms with van der Waals surface area (Å²) >= 11 is 0. The molecule has 1 aliphatic rings. The molecule has 1 atom stereocenters. The lowest BCUT2D eigenvalue weighted by Crippen LogP contribution is -2.21. The molecule has 39 heavy (non-hydrogen) atoms. The molecule has 1 amide bonds. The summed E-state index contributed by atoms with van der Waals surface area (Å²) in [5.74, 6) is 1.01. The fourth-order valence-electron chi connectivity index (χ4n) is 5.76. The van der Waals surface area contributed by atoms with E-state index in [9.17, 15) is 10.1 Å². The molecule has 0 saturated heterocycles. The SMILES string of the molecule is COc1ccc(NC(=O)CCc2c(C#N)c3c(C)cc(C)nc3n2[C@H]2CCCc3ccccc32)cc1OC.S. The Morgan fingerprint density at radius 3 is 2.64 bits per heavy atom. The molecule has 1 aliphatic carbocycles. The number of anilines is 1. The molecule has 202 valence electrons. The van der Waals surface area contributed by atoms with Crippen LogP contribution in [-0.4, -0.2) is 29.7 Å². The Labute approximate surface area is 236 Å². The van der Waals surface area contributed by atoms with E-state index in [4.69, 9.17) is 14.5 Å². The van der Waals surface area contributed by atoms with Gasteiger partial charge in [0.15, 0.2) is 11.5 Å². The van der Waals surface area contributed by atoms with Crippen molar-refractivity contribution >= 4 is 36.1 Å². The molecule has 4 aromatic rings. The lowest BCUT2D eigenvalue weighted by atomic mass is 9.87. The molecular weight excluding hydrogens is 508 g/mol. The van der Waals surface area contributed by atoms with Crippen LogP contribution >= 0.6 is 13.5 Å². The number of nitriles is 1. The number of benzene rings is 2. The van der Waals surface area contributed by atoms with Crippen molar-refractivity contribution in [2.75, 3.05) is 19.5 Å². The lowest BCUT2D eigenvalue weighted by molar-refractivity contribution is -0.116. The maximum Gasteiger partial charge on any atom is 0.224 e. The zero-order valence-electron chi connectivity index (χ0n) is 22.8. The molecule has 2 aromatic heterocycles. The predicted octanol–water partition coefficient (Wildman–Crippen LogP) is 6.15. The van der Waals surface area contributed by atoms with Crippen LogP contribution in [0.25, 0.3) is 11.0 Å². The minimum Gasteiger partial charge on any atom is -0.493 e. The van der Waals surface area contributed by atoms with Crippen LogP contribution in [0.2, 0.25) is 0 Å². The van der Waals surface area contributed by atoms with Crippen LogP contribution in [-0.2, 0) is 17.6 Å². The zero-order chi connectivity index (χ0) is 26.8. The molecule has 0 fully saturated rings. The molecular formula is C31H34N4O3S. The fraction of sp³-hybridized carbons (Fsp3) is 0.323. The number of hydrogen-bond donors (Lipinski definition) is 1. The Morgan fingerprint density at radius 1 is 1.13 bits per heavy atom. The number of rotatable bonds is 7. The van der Waals surface area contributed by atoms with Crippen molar-refractivity contribution in [1.29, 1.82) is 5.26 Å². The number of nitrogens with one attached hydrogen (secondary N) is 1. The maximum absolute atomic E-state index is 13.1. The molecule has 8 heteroatoms. The minimum atomic E-state index is -0.136. The average molecular weight is 543 g/mol. The highest BCUT2D eigenvalue weighted by atomic mass is 32.1. The van der Waals surface area contributed by atoms with E-state index < -0.39 is 0 Å². The molecule has 0 aliphatic heterocycles. The van der Waals surface area contributed by atoms with E-state index in [0.29, 0.717) is 29.2 Å². The largest absolute Gasteiger partial charge is 0.493 e. The summed E-state index contributed by atoms with van der Waals surface area (Å²) < 4.78 is 12.9. The zero-order valence-corrected chi connectivity index (χ0v) is 23.8. The fourth-order valence-corrected chi connectivity index (χ4v) is 5.76. The normalized spacial score (nSPS) is 14.2. The van der Waals surface area contributed by atoms with Crippen LogP contribution in [0.4, 0.5) is 5.69 Å². The summed E-state index contributed by atoms with van der Waals surface area (Å²) in [5, 5.41) is 14.2. The van der Waals surface area contributed by atoms with Gasteiger partial charge >= 0.3 is 0 Å². The van der Waals surface area contributed by atoms with Crippen LogP contribution in [0.5, 0.6) is 11.5 Å². The van der Waals surface area contributed by atoms with Crippen molar-refractivity contribution in [3.05, 3.63) is 82.2 Å². The number of aryl methyl sites for hydroxylation is 3. The number of nitrogens with zero attached hydrogens (tertiary/aromatic N) is 3. The van der Waals surface area contributed by atoms with Gasteiger partial charge in [0, 0.05) is 34.9 Å². The Balaban J connectivity index is 0.00000353. The summed E-state index contributed by atoms with van der Waals surface area (Å²) in [7, 11) is 3.14. The summed E-state index contributed by atoms with van der Waals surface area (Å²) in [6.45, 7) is 4.02. The van der Waals surface area contributed by atoms with Crippen molar-refractivity contribution in [1.82, 2.24) is 9.55 Å². The molecule has 2 heterocycles. The van der Waals surface area contributed by atoms with Crippen molar-refractivity contribution in [2.45, 2.75) is 52.0 Å². The molecule has 0 unspecified atom stereocenters. The van der Waals surface area contributed by atoms with E-state index in [0.717, 1.165) is 47.2 Å². The third kappa shape index (κ3) is 5.32. The van der Waals surface area contributed by atoms with Crippen molar-refractivity contribution < 1.29 is 14.3 Å². The smallest absolute Gasteiger partial charge is 0.224 e. The standard InChI is InChI=1S/C31H32N4O3.H2S/c1-19-16-20(2)33-31-30(19)24(18-32)26(35(31)25-11-7-9-21-8-5-6-10-23(21)25)13-15-29(36)34-22-12-14-27(37-3)28(17-22)38-4;/h5-6,8,10,12,14,16-17,25H,7,9,11,13,15H2,1-4H3,(H,34,36);1H2/t25-;/m0./s1. The summed E-state index contributed by atoms with van der Waals surface area (Å²) in [6.07, 6.45) is 3.73. The van der Waals surface area contributed by atoms with Gasteiger partial charge in [-0.1, -0.05) is 24.3 Å². The molecule has 1 N–H and O–H groups in total. The quantitative estimate of drug-likeness (QED) is 0.302. The monoisotopic (exact) mass is 542 g/mol. The highest BCUT2D eigenvalue weighted by Gasteiger charge is 2.29. The van der Waals surface area contributed by atoms with Crippen molar-refractivity contribution in [2.24, 2.45) is 0 Å². The van der Waals surface area contributed by atoms with Gasteiger partial charge in [0.25, 0.3) is 0 Å². The Hall–Kier alpha value is -3.96. The number of aromatic nitrogens is 2.